The Balaban J connectivity index is 1.63. The van der Waals surface area contributed by atoms with Crippen LogP contribution in [0, 0.1) is 5.82 Å². The minimum Gasteiger partial charge on any atom is -0.354 e. The number of para-hydroxylation sites is 1. The van der Waals surface area contributed by atoms with Gasteiger partial charge in [-0.3, -0.25) is 9.59 Å². The van der Waals surface area contributed by atoms with E-state index in [1.807, 2.05) is 19.0 Å². The van der Waals surface area contributed by atoms with E-state index in [9.17, 15) is 18.0 Å². The van der Waals surface area contributed by atoms with Gasteiger partial charge in [0, 0.05) is 29.4 Å². The molecule has 37 heavy (non-hydrogen) atoms. The molecule has 3 aromatic carbocycles. The molecule has 3 N–H and O–H groups in total. The molecule has 0 spiro atoms. The summed E-state index contributed by atoms with van der Waals surface area (Å²) in [5.74, 6) is -1.53. The molecule has 0 saturated heterocycles. The fourth-order valence-electron chi connectivity index (χ4n) is 4.08. The molecule has 0 unspecified atom stereocenters. The van der Waals surface area contributed by atoms with Gasteiger partial charge in [0.05, 0.1) is 21.5 Å². The predicted molar refractivity (Wildman–Crippen MR) is 143 cm³/mol. The topological polar surface area (TPSA) is 111 Å². The molecule has 0 fully saturated rings. The maximum absolute atomic E-state index is 15.0. The van der Waals surface area contributed by atoms with Crippen LogP contribution in [0.1, 0.15) is 29.8 Å². The van der Waals surface area contributed by atoms with Crippen LogP contribution in [0.3, 0.4) is 0 Å². The lowest BCUT2D eigenvalue weighted by Crippen LogP contribution is -2.41. The van der Waals surface area contributed by atoms with E-state index < -0.39 is 27.3 Å². The summed E-state index contributed by atoms with van der Waals surface area (Å²) in [6.07, 6.45) is 0. The molecule has 1 heterocycles. The van der Waals surface area contributed by atoms with Crippen molar-refractivity contribution in [3.8, 4) is 0 Å². The number of hydrogen-bond donors (Lipinski definition) is 3. The lowest BCUT2D eigenvalue weighted by atomic mass is 9.93. The zero-order valence-corrected chi connectivity index (χ0v) is 21.9. The molecule has 0 radical (unpaired) electrons. The zero-order valence-electron chi connectivity index (χ0n) is 21.1. The van der Waals surface area contributed by atoms with Crippen LogP contribution in [0.2, 0.25) is 0 Å². The maximum Gasteiger partial charge on any atom is 0.255 e. The van der Waals surface area contributed by atoms with E-state index in [1.165, 1.54) is 18.2 Å². The summed E-state index contributed by atoms with van der Waals surface area (Å²) < 4.78 is 43.0. The summed E-state index contributed by atoms with van der Waals surface area (Å²) in [5, 5.41) is 3.36. The molecule has 1 amide bonds. The number of amides is 1. The quantitative estimate of drug-likeness (QED) is 0.306. The number of likely N-dealkylation sites (N-methyl/N-ethyl adjacent to an activating group) is 1. The number of carbonyl (C=O) groups excluding carboxylic acids is 1. The minimum absolute atomic E-state index is 0.0624. The van der Waals surface area contributed by atoms with Crippen molar-refractivity contribution in [2.75, 3.05) is 27.2 Å². The second-order valence-corrected chi connectivity index (χ2v) is 11.5. The average molecular weight is 525 g/mol. The maximum atomic E-state index is 15.0. The Bertz CT molecular complexity index is 1660. The lowest BCUT2D eigenvalue weighted by Gasteiger charge is -2.27. The number of sulfonamides is 1. The summed E-state index contributed by atoms with van der Waals surface area (Å²) in [7, 11) is -0.0644. The highest BCUT2D eigenvalue weighted by Crippen LogP contribution is 2.25. The van der Waals surface area contributed by atoms with Gasteiger partial charge in [-0.15, -0.1) is 0 Å². The number of carbonyl (C=O) groups is 1. The fraction of sp³-hybridized carbons (Fsp3) is 0.259. The van der Waals surface area contributed by atoms with Crippen LogP contribution in [-0.2, 0) is 15.6 Å². The van der Waals surface area contributed by atoms with E-state index in [1.54, 1.807) is 50.2 Å². The van der Waals surface area contributed by atoms with Crippen molar-refractivity contribution >= 4 is 37.7 Å². The first-order valence-corrected chi connectivity index (χ1v) is 13.2. The van der Waals surface area contributed by atoms with Gasteiger partial charge in [-0.1, -0.05) is 24.3 Å². The van der Waals surface area contributed by atoms with Crippen molar-refractivity contribution in [3.63, 3.8) is 0 Å². The number of aromatic nitrogens is 1. The van der Waals surface area contributed by atoms with Crippen LogP contribution in [0.25, 0.3) is 21.8 Å². The molecule has 0 bridgehead atoms. The summed E-state index contributed by atoms with van der Waals surface area (Å²) in [6.45, 7) is 4.19. The van der Waals surface area contributed by atoms with Gasteiger partial charge in [0.1, 0.15) is 5.82 Å². The number of rotatable bonds is 8. The normalized spacial score (nSPS) is 12.4. The van der Waals surface area contributed by atoms with Gasteiger partial charge < -0.3 is 15.2 Å². The van der Waals surface area contributed by atoms with Crippen molar-refractivity contribution in [2.45, 2.75) is 24.3 Å². The SMILES string of the molecule is CN(C)CCNS(=O)(=O)c1cccc(C(C)(C)NC(=O)c2cc3[nH]c4ccccc4c(=O)c3cc2F)c1. The third-order valence-electron chi connectivity index (χ3n) is 6.18. The Hall–Kier alpha value is -3.60. The number of hydrogen-bond acceptors (Lipinski definition) is 5. The van der Waals surface area contributed by atoms with Gasteiger partial charge in [-0.05, 0) is 69.9 Å². The predicted octanol–water partition coefficient (Wildman–Crippen LogP) is 3.33. The fourth-order valence-corrected chi connectivity index (χ4v) is 5.15. The van der Waals surface area contributed by atoms with Crippen LogP contribution in [-0.4, -0.2) is 51.4 Å². The first kappa shape index (κ1) is 26.5. The summed E-state index contributed by atoms with van der Waals surface area (Å²) in [5.41, 5.74) is -0.157. The third-order valence-corrected chi connectivity index (χ3v) is 7.64. The smallest absolute Gasteiger partial charge is 0.255 e. The first-order valence-electron chi connectivity index (χ1n) is 11.7. The monoisotopic (exact) mass is 524 g/mol. The van der Waals surface area contributed by atoms with Crippen LogP contribution in [0.15, 0.2) is 70.4 Å². The van der Waals surface area contributed by atoms with E-state index in [-0.39, 0.29) is 27.8 Å². The van der Waals surface area contributed by atoms with Crippen LogP contribution in [0.5, 0.6) is 0 Å². The molecule has 0 aliphatic rings. The second-order valence-electron chi connectivity index (χ2n) is 9.69. The average Bonchev–Trinajstić information content (AvgIpc) is 2.84. The van der Waals surface area contributed by atoms with Gasteiger partial charge >= 0.3 is 0 Å². The highest BCUT2D eigenvalue weighted by atomic mass is 32.2. The number of nitrogens with zero attached hydrogens (tertiary/aromatic N) is 1. The van der Waals surface area contributed by atoms with Crippen LogP contribution < -0.4 is 15.5 Å². The molecule has 0 saturated carbocycles. The van der Waals surface area contributed by atoms with E-state index in [0.29, 0.717) is 28.5 Å². The Kier molecular flexibility index (Phi) is 7.18. The number of nitrogens with one attached hydrogen (secondary N) is 3. The van der Waals surface area contributed by atoms with Gasteiger partial charge in [0.2, 0.25) is 10.0 Å². The first-order chi connectivity index (χ1) is 17.4. The highest BCUT2D eigenvalue weighted by molar-refractivity contribution is 7.89. The Labute approximate surface area is 214 Å². The lowest BCUT2D eigenvalue weighted by molar-refractivity contribution is 0.0908. The van der Waals surface area contributed by atoms with E-state index in [4.69, 9.17) is 0 Å². The van der Waals surface area contributed by atoms with Gasteiger partial charge in [-0.25, -0.2) is 17.5 Å². The minimum atomic E-state index is -3.76. The van der Waals surface area contributed by atoms with E-state index in [2.05, 4.69) is 15.0 Å². The molecule has 8 nitrogen and oxygen atoms in total. The Morgan fingerprint density at radius 2 is 1.73 bits per heavy atom. The van der Waals surface area contributed by atoms with Crippen molar-refractivity contribution in [3.05, 3.63) is 87.8 Å². The van der Waals surface area contributed by atoms with Crippen LogP contribution in [0.4, 0.5) is 4.39 Å². The summed E-state index contributed by atoms with van der Waals surface area (Å²) in [4.78, 5) is 31.0. The number of pyridine rings is 1. The van der Waals surface area contributed by atoms with Gasteiger partial charge in [0.15, 0.2) is 5.43 Å². The molecule has 4 rings (SSSR count). The Morgan fingerprint density at radius 3 is 2.46 bits per heavy atom. The van der Waals surface area contributed by atoms with Crippen molar-refractivity contribution < 1.29 is 17.6 Å². The highest BCUT2D eigenvalue weighted by Gasteiger charge is 2.27. The molecule has 0 aliphatic carbocycles. The summed E-state index contributed by atoms with van der Waals surface area (Å²) in [6, 6.07) is 15.5. The van der Waals surface area contributed by atoms with Gasteiger partial charge in [-0.2, -0.15) is 0 Å². The molecule has 10 heteroatoms. The van der Waals surface area contributed by atoms with Crippen molar-refractivity contribution in [1.82, 2.24) is 19.9 Å². The zero-order chi connectivity index (χ0) is 27.0. The second kappa shape index (κ2) is 10.0. The molecule has 194 valence electrons. The van der Waals surface area contributed by atoms with E-state index >= 15 is 4.39 Å². The molecule has 1 aromatic heterocycles. The number of benzene rings is 3. The number of fused-ring (bicyclic) bond motifs is 2. The number of aromatic amines is 1. The molecular formula is C27H29FN4O4S. The summed E-state index contributed by atoms with van der Waals surface area (Å²) >= 11 is 0. The molecule has 0 atom stereocenters. The van der Waals surface area contributed by atoms with Gasteiger partial charge in [0.25, 0.3) is 5.91 Å². The standard InChI is InChI=1S/C27H29FN4O4S/c1-27(2,17-8-7-9-18(14-17)37(35,36)29-12-13-32(3)4)31-26(34)20-16-24-21(15-22(20)28)25(33)19-10-5-6-11-23(19)30-24/h5-11,14-16,29H,12-13H2,1-4H3,(H,30,33)(H,31,34). The Morgan fingerprint density at radius 1 is 1.00 bits per heavy atom. The van der Waals surface area contributed by atoms with Crippen LogP contribution >= 0.6 is 0 Å². The molecule has 4 aromatic rings. The number of halogens is 1. The van der Waals surface area contributed by atoms with Crippen molar-refractivity contribution in [1.29, 1.82) is 0 Å². The van der Waals surface area contributed by atoms with E-state index in [0.717, 1.165) is 6.07 Å². The molecule has 0 aliphatic heterocycles. The number of H-pyrrole nitrogens is 1. The third kappa shape index (κ3) is 5.56. The molecular weight excluding hydrogens is 495 g/mol. The largest absolute Gasteiger partial charge is 0.354 e. The van der Waals surface area contributed by atoms with Crippen molar-refractivity contribution in [2.24, 2.45) is 0 Å².